The zero-order valence-corrected chi connectivity index (χ0v) is 4.75. The molecular weight excluding hydrogens is 162 g/mol. The molecule has 0 atom stereocenters. The summed E-state index contributed by atoms with van der Waals surface area (Å²) in [6.07, 6.45) is 0. The molecule has 4 heteroatoms. The van der Waals surface area contributed by atoms with E-state index in [1.807, 2.05) is 0 Å². The summed E-state index contributed by atoms with van der Waals surface area (Å²) >= 11 is 0.300. The summed E-state index contributed by atoms with van der Waals surface area (Å²) in [7, 11) is 3.25. The van der Waals surface area contributed by atoms with E-state index in [9.17, 15) is 0 Å². The quantitative estimate of drug-likeness (QED) is 0.427. The SMILES string of the molecule is [B]=O.[O]=[Sn]. The molecule has 0 unspecified atom stereocenters. The Morgan fingerprint density at radius 1 is 1.25 bits per heavy atom. The maximum atomic E-state index is 8.34. The van der Waals surface area contributed by atoms with Crippen LogP contribution >= 0.6 is 0 Å². The molecule has 3 radical (unpaired) electrons. The summed E-state index contributed by atoms with van der Waals surface area (Å²) in [6.45, 7) is 0. The number of hydrogen-bond donors (Lipinski definition) is 0. The predicted octanol–water partition coefficient (Wildman–Crippen LogP) is -0.999. The first-order chi connectivity index (χ1) is 2.00. The summed E-state index contributed by atoms with van der Waals surface area (Å²) in [6, 6.07) is 0. The first-order valence-electron chi connectivity index (χ1n) is 0.440. The first-order valence-corrected chi connectivity index (χ1v) is 1.61. The third-order valence-corrected chi connectivity index (χ3v) is 0. The summed E-state index contributed by atoms with van der Waals surface area (Å²) in [5, 5.41) is 0. The third-order valence-electron chi connectivity index (χ3n) is 0. The molecule has 4 heavy (non-hydrogen) atoms. The Kier molecular flexibility index (Phi) is 216. The fourth-order valence-electron chi connectivity index (χ4n) is 0. The van der Waals surface area contributed by atoms with Crippen LogP contribution in [-0.4, -0.2) is 30.2 Å². The van der Waals surface area contributed by atoms with Crippen molar-refractivity contribution in [3.05, 3.63) is 0 Å². The van der Waals surface area contributed by atoms with Crippen molar-refractivity contribution in [2.75, 3.05) is 0 Å². The van der Waals surface area contributed by atoms with Crippen LogP contribution in [-0.2, 0) is 7.78 Å². The molecule has 0 aliphatic carbocycles. The zero-order valence-electron chi connectivity index (χ0n) is 1.89. The van der Waals surface area contributed by atoms with Crippen molar-refractivity contribution < 1.29 is 7.78 Å². The second-order valence-electron chi connectivity index (χ2n) is 0. The Hall–Kier alpha value is 0.464. The molecular formula is BO2Sn. The Labute approximate surface area is 38.5 Å². The van der Waals surface area contributed by atoms with Crippen LogP contribution in [0.3, 0.4) is 0 Å². The molecule has 0 amide bonds. The topological polar surface area (TPSA) is 34.1 Å². The fraction of sp³-hybridized carbons (Fsp3) is 0. The molecule has 0 N–H and O–H groups in total. The van der Waals surface area contributed by atoms with Crippen LogP contribution in [0.2, 0.25) is 0 Å². The molecule has 0 heterocycles. The van der Waals surface area contributed by atoms with Gasteiger partial charge >= 0.3 is 38.0 Å². The molecule has 0 spiro atoms. The van der Waals surface area contributed by atoms with Crippen molar-refractivity contribution in [3.63, 3.8) is 0 Å². The molecule has 0 saturated heterocycles. The van der Waals surface area contributed by atoms with E-state index in [4.69, 9.17) is 7.78 Å². The molecule has 19 valence electrons. The maximum absolute atomic E-state index is 8.34. The first kappa shape index (κ1) is 8.82. The molecule has 0 fully saturated rings. The Balaban J connectivity index is 0. The van der Waals surface area contributed by atoms with Gasteiger partial charge in [-0.2, -0.15) is 0 Å². The Morgan fingerprint density at radius 2 is 1.25 bits per heavy atom. The van der Waals surface area contributed by atoms with E-state index in [-0.39, 0.29) is 0 Å². The number of rotatable bonds is 0. The molecule has 0 bridgehead atoms. The van der Waals surface area contributed by atoms with Gasteiger partial charge in [0.15, 0.2) is 0 Å². The minimum absolute atomic E-state index is 0.300. The number of hydrogen-bond acceptors (Lipinski definition) is 2. The van der Waals surface area contributed by atoms with Gasteiger partial charge in [0.1, 0.15) is 0 Å². The van der Waals surface area contributed by atoms with E-state index in [0.29, 0.717) is 22.5 Å². The molecule has 0 aliphatic heterocycles. The standard InChI is InChI=1S/BO.O.Sn/c1-2;;. The van der Waals surface area contributed by atoms with Gasteiger partial charge in [-0.25, -0.2) is 0 Å². The van der Waals surface area contributed by atoms with E-state index in [0.717, 1.165) is 0 Å². The summed E-state index contributed by atoms with van der Waals surface area (Å²) in [4.78, 5) is 0. The van der Waals surface area contributed by atoms with Crippen LogP contribution in [0.15, 0.2) is 0 Å². The van der Waals surface area contributed by atoms with E-state index in [1.165, 1.54) is 0 Å². The predicted molar refractivity (Wildman–Crippen MR) is 12.9 cm³/mol. The normalized spacial score (nSPS) is 1.75. The average molecular weight is 162 g/mol. The minimum atomic E-state index is 0.300. The van der Waals surface area contributed by atoms with Crippen LogP contribution in [0.25, 0.3) is 0 Å². The molecule has 0 saturated carbocycles. The van der Waals surface area contributed by atoms with Gasteiger partial charge in [0.05, 0.1) is 0 Å². The van der Waals surface area contributed by atoms with Gasteiger partial charge in [-0.05, 0) is 0 Å². The zero-order chi connectivity index (χ0) is 4.00. The fourth-order valence-corrected chi connectivity index (χ4v) is 0. The van der Waals surface area contributed by atoms with Gasteiger partial charge in [0, 0.05) is 0 Å². The Bertz CT molecular complexity index is 8.00. The van der Waals surface area contributed by atoms with Crippen LogP contribution in [0.4, 0.5) is 0 Å². The molecule has 0 aliphatic rings. The average Bonchev–Trinajstić information content (AvgIpc) is 1.50. The van der Waals surface area contributed by atoms with Crippen molar-refractivity contribution in [3.8, 4) is 0 Å². The van der Waals surface area contributed by atoms with E-state index in [2.05, 4.69) is 7.72 Å². The van der Waals surface area contributed by atoms with Crippen molar-refractivity contribution in [1.29, 1.82) is 0 Å². The molecule has 0 aromatic carbocycles. The Morgan fingerprint density at radius 3 is 1.25 bits per heavy atom. The van der Waals surface area contributed by atoms with Crippen LogP contribution in [0.5, 0.6) is 0 Å². The van der Waals surface area contributed by atoms with Gasteiger partial charge < -0.3 is 0 Å². The van der Waals surface area contributed by atoms with Crippen LogP contribution in [0.1, 0.15) is 0 Å². The van der Waals surface area contributed by atoms with Crippen LogP contribution in [0, 0.1) is 0 Å². The van der Waals surface area contributed by atoms with E-state index in [1.54, 1.807) is 0 Å². The summed E-state index contributed by atoms with van der Waals surface area (Å²) in [5.74, 6) is 0. The summed E-state index contributed by atoms with van der Waals surface area (Å²) < 4.78 is 16.1. The molecule has 2 nitrogen and oxygen atoms in total. The van der Waals surface area contributed by atoms with Gasteiger partial charge in [-0.15, -0.1) is 0 Å². The second-order valence-corrected chi connectivity index (χ2v) is 0. The van der Waals surface area contributed by atoms with Gasteiger partial charge in [-0.3, -0.25) is 0 Å². The van der Waals surface area contributed by atoms with Crippen LogP contribution < -0.4 is 0 Å². The van der Waals surface area contributed by atoms with Gasteiger partial charge in [0.2, 0.25) is 0 Å². The van der Waals surface area contributed by atoms with Crippen molar-refractivity contribution in [2.24, 2.45) is 0 Å². The third kappa shape index (κ3) is 24.6. The van der Waals surface area contributed by atoms with Crippen molar-refractivity contribution in [1.82, 2.24) is 0 Å². The molecule has 0 aromatic heterocycles. The summed E-state index contributed by atoms with van der Waals surface area (Å²) in [5.41, 5.74) is 0. The molecule has 0 aromatic rings. The second kappa shape index (κ2) is 97.8. The van der Waals surface area contributed by atoms with E-state index < -0.39 is 0 Å². The van der Waals surface area contributed by atoms with Crippen molar-refractivity contribution in [2.45, 2.75) is 0 Å². The molecule has 0 rings (SSSR count). The monoisotopic (exact) mass is 163 g/mol. The van der Waals surface area contributed by atoms with Gasteiger partial charge in [0.25, 0.3) is 0 Å². The van der Waals surface area contributed by atoms with E-state index >= 15 is 0 Å². The van der Waals surface area contributed by atoms with Gasteiger partial charge in [-0.1, -0.05) is 0 Å². The van der Waals surface area contributed by atoms with Crippen molar-refractivity contribution >= 4 is 30.2 Å².